The van der Waals surface area contributed by atoms with E-state index in [0.29, 0.717) is 18.1 Å². The minimum atomic E-state index is 0.130. The third-order valence-electron chi connectivity index (χ3n) is 4.32. The Morgan fingerprint density at radius 3 is 2.95 bits per heavy atom. The van der Waals surface area contributed by atoms with Crippen molar-refractivity contribution in [3.63, 3.8) is 0 Å². The summed E-state index contributed by atoms with van der Waals surface area (Å²) in [6.07, 6.45) is 5.16. The molecule has 2 aliphatic rings. The Morgan fingerprint density at radius 2 is 2.25 bits per heavy atom. The summed E-state index contributed by atoms with van der Waals surface area (Å²) in [4.78, 5) is 0. The van der Waals surface area contributed by atoms with Crippen molar-refractivity contribution in [1.82, 2.24) is 5.43 Å². The number of ether oxygens (including phenoxy) is 2. The van der Waals surface area contributed by atoms with Gasteiger partial charge in [-0.3, -0.25) is 11.3 Å². The Morgan fingerprint density at radius 1 is 1.40 bits per heavy atom. The van der Waals surface area contributed by atoms with Crippen molar-refractivity contribution in [2.75, 3.05) is 6.61 Å². The lowest BCUT2D eigenvalue weighted by atomic mass is 9.87. The molecule has 0 bridgehead atoms. The molecule has 1 saturated carbocycles. The molecule has 1 heterocycles. The molecule has 3 rings (SSSR count). The van der Waals surface area contributed by atoms with Gasteiger partial charge in [0.2, 0.25) is 0 Å². The van der Waals surface area contributed by atoms with Crippen LogP contribution in [-0.2, 0) is 4.74 Å². The molecule has 1 aliphatic heterocycles. The van der Waals surface area contributed by atoms with E-state index in [1.807, 2.05) is 12.1 Å². The van der Waals surface area contributed by atoms with Gasteiger partial charge in [-0.15, -0.1) is 0 Å². The summed E-state index contributed by atoms with van der Waals surface area (Å²) in [5.74, 6) is 7.21. The zero-order valence-electron chi connectivity index (χ0n) is 12.0. The predicted octanol–water partition coefficient (Wildman–Crippen LogP) is 2.55. The van der Waals surface area contributed by atoms with Crippen LogP contribution in [0.2, 0.25) is 0 Å². The average Bonchev–Trinajstić information content (AvgIpc) is 3.16. The number of nitrogens with two attached hydrogens (primary N) is 1. The summed E-state index contributed by atoms with van der Waals surface area (Å²) >= 11 is 0. The van der Waals surface area contributed by atoms with Gasteiger partial charge in [0.05, 0.1) is 18.2 Å². The topological polar surface area (TPSA) is 56.5 Å². The highest BCUT2D eigenvalue weighted by Crippen LogP contribution is 2.36. The van der Waals surface area contributed by atoms with E-state index in [1.54, 1.807) is 0 Å². The number of hydrazine groups is 1. The second-order valence-electron chi connectivity index (χ2n) is 5.80. The second-order valence-corrected chi connectivity index (χ2v) is 5.80. The van der Waals surface area contributed by atoms with Gasteiger partial charge in [-0.1, -0.05) is 19.1 Å². The Bertz CT molecular complexity index is 448. The van der Waals surface area contributed by atoms with Gasteiger partial charge in [-0.05, 0) is 43.4 Å². The van der Waals surface area contributed by atoms with E-state index in [9.17, 15) is 0 Å². The first-order chi connectivity index (χ1) is 9.81. The molecule has 20 heavy (non-hydrogen) atoms. The molecule has 3 atom stereocenters. The van der Waals surface area contributed by atoms with E-state index in [-0.39, 0.29) is 6.04 Å². The molecule has 0 spiro atoms. The van der Waals surface area contributed by atoms with Gasteiger partial charge in [0, 0.05) is 12.5 Å². The summed E-state index contributed by atoms with van der Waals surface area (Å²) in [5, 5.41) is 0. The summed E-state index contributed by atoms with van der Waals surface area (Å²) in [6.45, 7) is 3.00. The van der Waals surface area contributed by atoms with E-state index < -0.39 is 0 Å². The molecular formula is C16H24N2O2. The maximum atomic E-state index is 5.88. The monoisotopic (exact) mass is 276 g/mol. The normalized spacial score (nSPS) is 27.5. The van der Waals surface area contributed by atoms with Gasteiger partial charge < -0.3 is 9.47 Å². The Kier molecular flexibility index (Phi) is 4.24. The van der Waals surface area contributed by atoms with Crippen LogP contribution in [0.4, 0.5) is 0 Å². The molecule has 4 nitrogen and oxygen atoms in total. The van der Waals surface area contributed by atoms with Crippen LogP contribution in [0.5, 0.6) is 5.75 Å². The maximum absolute atomic E-state index is 5.88. The Balaban J connectivity index is 1.77. The first kappa shape index (κ1) is 13.9. The highest BCUT2D eigenvalue weighted by atomic mass is 16.5. The first-order valence-corrected chi connectivity index (χ1v) is 7.66. The quantitative estimate of drug-likeness (QED) is 0.619. The highest BCUT2D eigenvalue weighted by molar-refractivity contribution is 5.31. The zero-order chi connectivity index (χ0) is 13.9. The molecule has 1 aliphatic carbocycles. The summed E-state index contributed by atoms with van der Waals surface area (Å²) in [7, 11) is 0. The number of hydrogen-bond acceptors (Lipinski definition) is 4. The Hall–Kier alpha value is -1.10. The lowest BCUT2D eigenvalue weighted by Gasteiger charge is -2.27. The predicted molar refractivity (Wildman–Crippen MR) is 78.3 cm³/mol. The number of rotatable bonds is 6. The van der Waals surface area contributed by atoms with Crippen LogP contribution in [0.3, 0.4) is 0 Å². The van der Waals surface area contributed by atoms with E-state index in [2.05, 4.69) is 24.5 Å². The van der Waals surface area contributed by atoms with Crippen molar-refractivity contribution in [3.05, 3.63) is 29.8 Å². The molecular weight excluding hydrogens is 252 g/mol. The average molecular weight is 276 g/mol. The third-order valence-corrected chi connectivity index (χ3v) is 4.32. The number of hydrogen-bond donors (Lipinski definition) is 2. The van der Waals surface area contributed by atoms with Gasteiger partial charge in [0.15, 0.2) is 0 Å². The fraction of sp³-hybridized carbons (Fsp3) is 0.625. The SMILES string of the molecule is CCC1OCCC1C(NN)c1cccc(OC2CC2)c1. The standard InChI is InChI=1S/C16H24N2O2/c1-2-15-14(8-9-19-15)16(18-17)11-4-3-5-13(10-11)20-12-6-7-12/h3-5,10,12,14-16,18H,2,6-9,17H2,1H3. The molecule has 4 heteroatoms. The molecule has 1 aromatic rings. The van der Waals surface area contributed by atoms with Crippen molar-refractivity contribution in [2.24, 2.45) is 11.8 Å². The summed E-state index contributed by atoms with van der Waals surface area (Å²) in [5.41, 5.74) is 4.18. The smallest absolute Gasteiger partial charge is 0.120 e. The molecule has 1 saturated heterocycles. The van der Waals surface area contributed by atoms with E-state index in [4.69, 9.17) is 15.3 Å². The lowest BCUT2D eigenvalue weighted by molar-refractivity contribution is 0.0773. The molecule has 0 aromatic heterocycles. The molecule has 1 aromatic carbocycles. The molecule has 0 amide bonds. The van der Waals surface area contributed by atoms with Crippen molar-refractivity contribution in [3.8, 4) is 5.75 Å². The molecule has 0 radical (unpaired) electrons. The van der Waals surface area contributed by atoms with Crippen molar-refractivity contribution < 1.29 is 9.47 Å². The minimum absolute atomic E-state index is 0.130. The largest absolute Gasteiger partial charge is 0.490 e. The van der Waals surface area contributed by atoms with Crippen LogP contribution >= 0.6 is 0 Å². The van der Waals surface area contributed by atoms with Crippen molar-refractivity contribution in [1.29, 1.82) is 0 Å². The molecule has 3 N–H and O–H groups in total. The molecule has 2 fully saturated rings. The van der Waals surface area contributed by atoms with Crippen LogP contribution in [0.15, 0.2) is 24.3 Å². The van der Waals surface area contributed by atoms with Crippen LogP contribution in [0.25, 0.3) is 0 Å². The molecule has 3 unspecified atom stereocenters. The minimum Gasteiger partial charge on any atom is -0.490 e. The number of benzene rings is 1. The van der Waals surface area contributed by atoms with Gasteiger partial charge in [-0.2, -0.15) is 0 Å². The summed E-state index contributed by atoms with van der Waals surface area (Å²) < 4.78 is 11.7. The summed E-state index contributed by atoms with van der Waals surface area (Å²) in [6, 6.07) is 8.44. The van der Waals surface area contributed by atoms with Gasteiger partial charge >= 0.3 is 0 Å². The van der Waals surface area contributed by atoms with Crippen LogP contribution < -0.4 is 16.0 Å². The second kappa shape index (κ2) is 6.12. The highest BCUT2D eigenvalue weighted by Gasteiger charge is 2.34. The maximum Gasteiger partial charge on any atom is 0.120 e. The van der Waals surface area contributed by atoms with E-state index in [0.717, 1.165) is 25.2 Å². The Labute approximate surface area is 120 Å². The van der Waals surface area contributed by atoms with Crippen LogP contribution in [0, 0.1) is 5.92 Å². The van der Waals surface area contributed by atoms with Gasteiger partial charge in [0.1, 0.15) is 5.75 Å². The van der Waals surface area contributed by atoms with E-state index >= 15 is 0 Å². The molecule has 110 valence electrons. The third kappa shape index (κ3) is 2.97. The van der Waals surface area contributed by atoms with Crippen molar-refractivity contribution >= 4 is 0 Å². The van der Waals surface area contributed by atoms with Gasteiger partial charge in [0.25, 0.3) is 0 Å². The van der Waals surface area contributed by atoms with Crippen LogP contribution in [-0.4, -0.2) is 18.8 Å². The van der Waals surface area contributed by atoms with Crippen LogP contribution in [0.1, 0.15) is 44.2 Å². The fourth-order valence-electron chi connectivity index (χ4n) is 3.09. The lowest BCUT2D eigenvalue weighted by Crippen LogP contribution is -2.36. The van der Waals surface area contributed by atoms with Crippen molar-refractivity contribution in [2.45, 2.75) is 50.9 Å². The zero-order valence-corrected chi connectivity index (χ0v) is 12.0. The number of nitrogens with one attached hydrogen (secondary N) is 1. The first-order valence-electron chi connectivity index (χ1n) is 7.66. The van der Waals surface area contributed by atoms with E-state index in [1.165, 1.54) is 18.4 Å². The fourth-order valence-corrected chi connectivity index (χ4v) is 3.09. The van der Waals surface area contributed by atoms with Gasteiger partial charge in [-0.25, -0.2) is 0 Å².